The molecule has 0 fully saturated rings. The lowest BCUT2D eigenvalue weighted by atomic mass is 10.0. The van der Waals surface area contributed by atoms with Crippen molar-refractivity contribution in [3.63, 3.8) is 0 Å². The molecule has 0 aliphatic rings. The monoisotopic (exact) mass is 345 g/mol. The van der Waals surface area contributed by atoms with Gasteiger partial charge in [-0.25, -0.2) is 5.43 Å². The number of hydrazine groups is 1. The summed E-state index contributed by atoms with van der Waals surface area (Å²) in [4.78, 5) is 4.11. The standard InChI is InChI=1S/C12H10BrCl2N3/c13-8-4-7(5-17-6-8)12(18-16)9-2-1-3-10(14)11(9)15/h1-6,12,18H,16H2. The van der Waals surface area contributed by atoms with Gasteiger partial charge in [-0.2, -0.15) is 0 Å². The van der Waals surface area contributed by atoms with Crippen LogP contribution < -0.4 is 11.3 Å². The number of pyridine rings is 1. The van der Waals surface area contributed by atoms with Crippen molar-refractivity contribution in [1.82, 2.24) is 10.4 Å². The fourth-order valence-electron chi connectivity index (χ4n) is 1.70. The Balaban J connectivity index is 2.49. The Morgan fingerprint density at radius 2 is 2.06 bits per heavy atom. The van der Waals surface area contributed by atoms with Gasteiger partial charge in [0, 0.05) is 16.9 Å². The summed E-state index contributed by atoms with van der Waals surface area (Å²) < 4.78 is 0.874. The number of hydrogen-bond acceptors (Lipinski definition) is 3. The lowest BCUT2D eigenvalue weighted by Crippen LogP contribution is -2.29. The van der Waals surface area contributed by atoms with Gasteiger partial charge in [-0.3, -0.25) is 10.8 Å². The van der Waals surface area contributed by atoms with Crippen LogP contribution in [-0.4, -0.2) is 4.98 Å². The predicted octanol–water partition coefficient (Wildman–Crippen LogP) is 3.70. The Hall–Kier alpha value is -0.650. The number of aromatic nitrogens is 1. The molecule has 94 valence electrons. The number of benzene rings is 1. The number of rotatable bonds is 3. The third-order valence-electron chi connectivity index (χ3n) is 2.52. The van der Waals surface area contributed by atoms with E-state index < -0.39 is 0 Å². The smallest absolute Gasteiger partial charge is 0.0740 e. The van der Waals surface area contributed by atoms with Crippen molar-refractivity contribution < 1.29 is 0 Å². The van der Waals surface area contributed by atoms with E-state index in [1.165, 1.54) is 0 Å². The third-order valence-corrected chi connectivity index (χ3v) is 3.79. The van der Waals surface area contributed by atoms with Gasteiger partial charge in [0.1, 0.15) is 0 Å². The van der Waals surface area contributed by atoms with E-state index in [1.54, 1.807) is 18.5 Å². The van der Waals surface area contributed by atoms with Gasteiger partial charge in [-0.1, -0.05) is 35.3 Å². The molecule has 0 amide bonds. The molecule has 0 aliphatic carbocycles. The van der Waals surface area contributed by atoms with Gasteiger partial charge in [0.15, 0.2) is 0 Å². The highest BCUT2D eigenvalue weighted by atomic mass is 79.9. The number of nitrogens with one attached hydrogen (secondary N) is 1. The quantitative estimate of drug-likeness (QED) is 0.658. The zero-order chi connectivity index (χ0) is 13.1. The number of nitrogens with zero attached hydrogens (tertiary/aromatic N) is 1. The molecule has 0 spiro atoms. The fourth-order valence-corrected chi connectivity index (χ4v) is 2.49. The van der Waals surface area contributed by atoms with Gasteiger partial charge in [0.25, 0.3) is 0 Å². The van der Waals surface area contributed by atoms with Crippen LogP contribution in [0.3, 0.4) is 0 Å². The Labute approximate surface area is 123 Å². The van der Waals surface area contributed by atoms with Crippen LogP contribution in [0.4, 0.5) is 0 Å². The Morgan fingerprint density at radius 1 is 1.28 bits per heavy atom. The van der Waals surface area contributed by atoms with Crippen LogP contribution in [-0.2, 0) is 0 Å². The molecule has 3 N–H and O–H groups in total. The number of nitrogens with two attached hydrogens (primary N) is 1. The van der Waals surface area contributed by atoms with E-state index in [1.807, 2.05) is 18.2 Å². The fraction of sp³-hybridized carbons (Fsp3) is 0.0833. The van der Waals surface area contributed by atoms with Crippen LogP contribution in [0, 0.1) is 0 Å². The van der Waals surface area contributed by atoms with Crippen molar-refractivity contribution in [2.24, 2.45) is 5.84 Å². The summed E-state index contributed by atoms with van der Waals surface area (Å²) in [5.41, 5.74) is 4.44. The molecule has 1 unspecified atom stereocenters. The molecular weight excluding hydrogens is 337 g/mol. The molecule has 2 aromatic rings. The summed E-state index contributed by atoms with van der Waals surface area (Å²) in [5, 5.41) is 0.986. The summed E-state index contributed by atoms with van der Waals surface area (Å²) in [6, 6.07) is 7.11. The molecular formula is C12H10BrCl2N3. The minimum Gasteiger partial charge on any atom is -0.271 e. The Kier molecular flexibility index (Phi) is 4.59. The highest BCUT2D eigenvalue weighted by molar-refractivity contribution is 9.10. The van der Waals surface area contributed by atoms with Crippen LogP contribution >= 0.6 is 39.1 Å². The van der Waals surface area contributed by atoms with Crippen molar-refractivity contribution >= 4 is 39.1 Å². The highest BCUT2D eigenvalue weighted by Crippen LogP contribution is 2.33. The van der Waals surface area contributed by atoms with Crippen LogP contribution in [0.5, 0.6) is 0 Å². The molecule has 0 saturated heterocycles. The minimum absolute atomic E-state index is 0.263. The molecule has 6 heteroatoms. The topological polar surface area (TPSA) is 50.9 Å². The van der Waals surface area contributed by atoms with Gasteiger partial charge in [-0.15, -0.1) is 0 Å². The van der Waals surface area contributed by atoms with E-state index in [0.717, 1.165) is 15.6 Å². The van der Waals surface area contributed by atoms with E-state index in [0.29, 0.717) is 10.0 Å². The Morgan fingerprint density at radius 3 is 2.72 bits per heavy atom. The normalized spacial score (nSPS) is 12.4. The molecule has 1 aromatic carbocycles. The van der Waals surface area contributed by atoms with E-state index in [-0.39, 0.29) is 6.04 Å². The average Bonchev–Trinajstić information content (AvgIpc) is 2.35. The summed E-state index contributed by atoms with van der Waals surface area (Å²) >= 11 is 15.6. The predicted molar refractivity (Wildman–Crippen MR) is 77.6 cm³/mol. The zero-order valence-electron chi connectivity index (χ0n) is 9.20. The van der Waals surface area contributed by atoms with Crippen LogP contribution in [0.2, 0.25) is 10.0 Å². The summed E-state index contributed by atoms with van der Waals surface area (Å²) in [6.07, 6.45) is 3.43. The molecule has 3 nitrogen and oxygen atoms in total. The van der Waals surface area contributed by atoms with E-state index >= 15 is 0 Å². The largest absolute Gasteiger partial charge is 0.271 e. The van der Waals surface area contributed by atoms with Crippen molar-refractivity contribution in [3.8, 4) is 0 Å². The van der Waals surface area contributed by atoms with Crippen LogP contribution in [0.1, 0.15) is 17.2 Å². The third kappa shape index (κ3) is 2.84. The van der Waals surface area contributed by atoms with Crippen molar-refractivity contribution in [2.75, 3.05) is 0 Å². The first-order valence-electron chi connectivity index (χ1n) is 5.14. The van der Waals surface area contributed by atoms with E-state index in [9.17, 15) is 0 Å². The first-order chi connectivity index (χ1) is 8.63. The molecule has 0 aliphatic heterocycles. The first-order valence-corrected chi connectivity index (χ1v) is 6.69. The summed E-state index contributed by atoms with van der Waals surface area (Å²) in [7, 11) is 0. The highest BCUT2D eigenvalue weighted by Gasteiger charge is 2.17. The zero-order valence-corrected chi connectivity index (χ0v) is 12.3. The van der Waals surface area contributed by atoms with Crippen LogP contribution in [0.15, 0.2) is 41.1 Å². The Bertz CT molecular complexity index is 563. The molecule has 1 heterocycles. The van der Waals surface area contributed by atoms with Crippen molar-refractivity contribution in [1.29, 1.82) is 0 Å². The first kappa shape index (κ1) is 13.8. The van der Waals surface area contributed by atoms with Crippen molar-refractivity contribution in [2.45, 2.75) is 6.04 Å². The molecule has 0 saturated carbocycles. The molecule has 2 rings (SSSR count). The van der Waals surface area contributed by atoms with Gasteiger partial charge in [-0.05, 0) is 39.2 Å². The lowest BCUT2D eigenvalue weighted by molar-refractivity contribution is 0.634. The number of hydrogen-bond donors (Lipinski definition) is 2. The second kappa shape index (κ2) is 5.99. The molecule has 1 atom stereocenters. The molecule has 0 bridgehead atoms. The second-order valence-electron chi connectivity index (χ2n) is 3.68. The summed E-state index contributed by atoms with van der Waals surface area (Å²) in [5.74, 6) is 5.61. The molecule has 18 heavy (non-hydrogen) atoms. The SMILES string of the molecule is NNC(c1cncc(Br)c1)c1cccc(Cl)c1Cl. The molecule has 0 radical (unpaired) electrons. The van der Waals surface area contributed by atoms with Gasteiger partial charge in [0.2, 0.25) is 0 Å². The maximum atomic E-state index is 6.20. The van der Waals surface area contributed by atoms with Gasteiger partial charge >= 0.3 is 0 Å². The van der Waals surface area contributed by atoms with Gasteiger partial charge in [0.05, 0.1) is 16.1 Å². The van der Waals surface area contributed by atoms with Gasteiger partial charge < -0.3 is 0 Å². The summed E-state index contributed by atoms with van der Waals surface area (Å²) in [6.45, 7) is 0. The minimum atomic E-state index is -0.263. The average molecular weight is 347 g/mol. The van der Waals surface area contributed by atoms with E-state index in [4.69, 9.17) is 29.0 Å². The lowest BCUT2D eigenvalue weighted by Gasteiger charge is -2.18. The van der Waals surface area contributed by atoms with Crippen molar-refractivity contribution in [3.05, 3.63) is 62.3 Å². The van der Waals surface area contributed by atoms with E-state index in [2.05, 4.69) is 26.3 Å². The van der Waals surface area contributed by atoms with Crippen LogP contribution in [0.25, 0.3) is 0 Å². The second-order valence-corrected chi connectivity index (χ2v) is 5.38. The molecule has 1 aromatic heterocycles. The maximum absolute atomic E-state index is 6.20. The maximum Gasteiger partial charge on any atom is 0.0740 e. The number of halogens is 3.